The smallest absolute Gasteiger partial charge is 0.0543 e. The van der Waals surface area contributed by atoms with Crippen molar-refractivity contribution >= 4 is 0 Å². The van der Waals surface area contributed by atoms with Crippen molar-refractivity contribution in [3.8, 4) is 0 Å². The number of aliphatic hydroxyl groups is 1. The van der Waals surface area contributed by atoms with E-state index in [1.807, 2.05) is 0 Å². The van der Waals surface area contributed by atoms with Gasteiger partial charge in [0.2, 0.25) is 0 Å². The summed E-state index contributed by atoms with van der Waals surface area (Å²) in [6.07, 6.45) is 10.2. The van der Waals surface area contributed by atoms with Gasteiger partial charge in [0.1, 0.15) is 0 Å². The van der Waals surface area contributed by atoms with E-state index < -0.39 is 0 Å². The molecule has 0 aromatic heterocycles. The summed E-state index contributed by atoms with van der Waals surface area (Å²) < 4.78 is 0. The zero-order chi connectivity index (χ0) is 11.4. The molecule has 2 aliphatic rings. The molecular weight excluding hydrogens is 198 g/mol. The normalized spacial score (nSPS) is 40.9. The highest BCUT2D eigenvalue weighted by Crippen LogP contribution is 2.26. The fourth-order valence-corrected chi connectivity index (χ4v) is 3.26. The van der Waals surface area contributed by atoms with Crippen molar-refractivity contribution in [2.24, 2.45) is 11.8 Å². The second-order valence-electron chi connectivity index (χ2n) is 6.05. The first-order valence-electron chi connectivity index (χ1n) is 7.15. The standard InChI is InChI=1S/C14H27NO/c1-11-3-2-4-13(7-5-11)15-10-12-6-8-14(16)9-12/h11-16H,2-10H2,1H3. The molecule has 2 aliphatic carbocycles. The second-order valence-corrected chi connectivity index (χ2v) is 6.05. The number of rotatable bonds is 3. The van der Waals surface area contributed by atoms with Crippen LogP contribution in [0.2, 0.25) is 0 Å². The number of hydrogen-bond donors (Lipinski definition) is 2. The van der Waals surface area contributed by atoms with E-state index >= 15 is 0 Å². The van der Waals surface area contributed by atoms with E-state index in [9.17, 15) is 5.11 Å². The van der Waals surface area contributed by atoms with Gasteiger partial charge in [-0.25, -0.2) is 0 Å². The maximum Gasteiger partial charge on any atom is 0.0543 e. The van der Waals surface area contributed by atoms with Gasteiger partial charge in [0.25, 0.3) is 0 Å². The van der Waals surface area contributed by atoms with Crippen LogP contribution in [0, 0.1) is 11.8 Å². The average molecular weight is 225 g/mol. The van der Waals surface area contributed by atoms with Gasteiger partial charge in [0.05, 0.1) is 6.10 Å². The lowest BCUT2D eigenvalue weighted by molar-refractivity contribution is 0.177. The lowest BCUT2D eigenvalue weighted by Gasteiger charge is -2.19. The molecule has 0 heterocycles. The van der Waals surface area contributed by atoms with E-state index in [0.29, 0.717) is 0 Å². The van der Waals surface area contributed by atoms with Crippen LogP contribution < -0.4 is 5.32 Å². The summed E-state index contributed by atoms with van der Waals surface area (Å²) in [5.74, 6) is 1.66. The maximum absolute atomic E-state index is 9.49. The molecule has 4 atom stereocenters. The van der Waals surface area contributed by atoms with Gasteiger partial charge in [0, 0.05) is 6.04 Å². The predicted molar refractivity (Wildman–Crippen MR) is 67.4 cm³/mol. The van der Waals surface area contributed by atoms with Crippen LogP contribution in [0.1, 0.15) is 58.3 Å². The van der Waals surface area contributed by atoms with Crippen molar-refractivity contribution in [2.45, 2.75) is 70.4 Å². The molecule has 0 spiro atoms. The van der Waals surface area contributed by atoms with Gasteiger partial charge < -0.3 is 10.4 Å². The lowest BCUT2D eigenvalue weighted by atomic mass is 10.0. The van der Waals surface area contributed by atoms with Gasteiger partial charge in [-0.1, -0.05) is 19.8 Å². The molecule has 2 N–H and O–H groups in total. The summed E-state index contributed by atoms with van der Waals surface area (Å²) in [7, 11) is 0. The van der Waals surface area contributed by atoms with Gasteiger partial charge in [0.15, 0.2) is 0 Å². The summed E-state index contributed by atoms with van der Waals surface area (Å²) >= 11 is 0. The number of nitrogens with one attached hydrogen (secondary N) is 1. The molecule has 2 nitrogen and oxygen atoms in total. The first-order valence-corrected chi connectivity index (χ1v) is 7.15. The fourth-order valence-electron chi connectivity index (χ4n) is 3.26. The molecule has 16 heavy (non-hydrogen) atoms. The van der Waals surface area contributed by atoms with Gasteiger partial charge >= 0.3 is 0 Å². The Labute approximate surface area is 99.8 Å². The highest BCUT2D eigenvalue weighted by molar-refractivity contribution is 4.79. The Morgan fingerprint density at radius 2 is 1.94 bits per heavy atom. The zero-order valence-corrected chi connectivity index (χ0v) is 10.6. The van der Waals surface area contributed by atoms with E-state index in [1.165, 1.54) is 38.5 Å². The molecule has 0 bridgehead atoms. The largest absolute Gasteiger partial charge is 0.393 e. The third kappa shape index (κ3) is 3.74. The fraction of sp³-hybridized carbons (Fsp3) is 1.00. The Hall–Kier alpha value is -0.0800. The third-order valence-corrected chi connectivity index (χ3v) is 4.47. The monoisotopic (exact) mass is 225 g/mol. The predicted octanol–water partition coefficient (Wildman–Crippen LogP) is 2.71. The number of hydrogen-bond acceptors (Lipinski definition) is 2. The zero-order valence-electron chi connectivity index (χ0n) is 10.6. The minimum absolute atomic E-state index is 0.0130. The number of aliphatic hydroxyl groups excluding tert-OH is 1. The molecule has 2 saturated carbocycles. The Balaban J connectivity index is 1.65. The van der Waals surface area contributed by atoms with E-state index in [0.717, 1.165) is 37.3 Å². The van der Waals surface area contributed by atoms with Crippen LogP contribution in [0.25, 0.3) is 0 Å². The molecule has 0 aliphatic heterocycles. The first-order chi connectivity index (χ1) is 7.74. The molecule has 0 aromatic rings. The minimum atomic E-state index is -0.0130. The van der Waals surface area contributed by atoms with Crippen LogP contribution in [-0.2, 0) is 0 Å². The molecule has 0 aromatic carbocycles. The van der Waals surface area contributed by atoms with Crippen LogP contribution in [0.15, 0.2) is 0 Å². The maximum atomic E-state index is 9.49. The summed E-state index contributed by atoms with van der Waals surface area (Å²) in [6.45, 7) is 3.52. The second kappa shape index (κ2) is 6.02. The van der Waals surface area contributed by atoms with E-state index in [4.69, 9.17) is 0 Å². The van der Waals surface area contributed by atoms with Crippen molar-refractivity contribution in [2.75, 3.05) is 6.54 Å². The van der Waals surface area contributed by atoms with Crippen LogP contribution in [0.5, 0.6) is 0 Å². The van der Waals surface area contributed by atoms with Gasteiger partial charge in [-0.3, -0.25) is 0 Å². The van der Waals surface area contributed by atoms with Crippen LogP contribution in [0.3, 0.4) is 0 Å². The summed E-state index contributed by atoms with van der Waals surface area (Å²) in [6, 6.07) is 0.752. The average Bonchev–Trinajstić information content (AvgIpc) is 2.56. The molecule has 2 fully saturated rings. The van der Waals surface area contributed by atoms with E-state index in [2.05, 4.69) is 12.2 Å². The molecule has 0 saturated heterocycles. The molecule has 0 amide bonds. The van der Waals surface area contributed by atoms with Crippen LogP contribution >= 0.6 is 0 Å². The SMILES string of the molecule is CC1CCCC(NCC2CCC(O)C2)CC1. The van der Waals surface area contributed by atoms with E-state index in [-0.39, 0.29) is 6.10 Å². The quantitative estimate of drug-likeness (QED) is 0.724. The Bertz CT molecular complexity index is 207. The lowest BCUT2D eigenvalue weighted by Crippen LogP contribution is -2.32. The Morgan fingerprint density at radius 3 is 2.69 bits per heavy atom. The molecule has 0 radical (unpaired) electrons. The highest BCUT2D eigenvalue weighted by Gasteiger charge is 2.23. The van der Waals surface area contributed by atoms with Gasteiger partial charge in [-0.2, -0.15) is 0 Å². The molecule has 4 unspecified atom stereocenters. The molecule has 2 heteroatoms. The first kappa shape index (κ1) is 12.4. The summed E-state index contributed by atoms with van der Waals surface area (Å²) in [5, 5.41) is 13.2. The van der Waals surface area contributed by atoms with Crippen molar-refractivity contribution in [1.29, 1.82) is 0 Å². The van der Waals surface area contributed by atoms with Crippen molar-refractivity contribution in [1.82, 2.24) is 5.32 Å². The highest BCUT2D eigenvalue weighted by atomic mass is 16.3. The molecular formula is C14H27NO. The van der Waals surface area contributed by atoms with Crippen LogP contribution in [-0.4, -0.2) is 23.8 Å². The summed E-state index contributed by atoms with van der Waals surface area (Å²) in [5.41, 5.74) is 0. The van der Waals surface area contributed by atoms with Gasteiger partial charge in [-0.15, -0.1) is 0 Å². The van der Waals surface area contributed by atoms with Crippen molar-refractivity contribution in [3.05, 3.63) is 0 Å². The van der Waals surface area contributed by atoms with Crippen LogP contribution in [0.4, 0.5) is 0 Å². The topological polar surface area (TPSA) is 32.3 Å². The third-order valence-electron chi connectivity index (χ3n) is 4.47. The Kier molecular flexibility index (Phi) is 4.66. The van der Waals surface area contributed by atoms with Crippen molar-refractivity contribution < 1.29 is 5.11 Å². The molecule has 2 rings (SSSR count). The van der Waals surface area contributed by atoms with E-state index in [1.54, 1.807) is 0 Å². The van der Waals surface area contributed by atoms with Crippen molar-refractivity contribution in [3.63, 3.8) is 0 Å². The minimum Gasteiger partial charge on any atom is -0.393 e. The Morgan fingerprint density at radius 1 is 1.06 bits per heavy atom. The summed E-state index contributed by atoms with van der Waals surface area (Å²) in [4.78, 5) is 0. The molecule has 94 valence electrons. The van der Waals surface area contributed by atoms with Gasteiger partial charge in [-0.05, 0) is 56.9 Å².